The maximum atomic E-state index is 12.9. The Bertz CT molecular complexity index is 933. The lowest BCUT2D eigenvalue weighted by atomic mass is 9.80. The van der Waals surface area contributed by atoms with Gasteiger partial charge in [0.15, 0.2) is 15.7 Å². The van der Waals surface area contributed by atoms with Crippen LogP contribution >= 0.6 is 11.6 Å². The van der Waals surface area contributed by atoms with Crippen LogP contribution in [-0.2, 0) is 15.4 Å². The predicted molar refractivity (Wildman–Crippen MR) is 95.8 cm³/mol. The zero-order valence-electron chi connectivity index (χ0n) is 14.6. The Morgan fingerprint density at radius 2 is 1.96 bits per heavy atom. The number of hydrogen-bond acceptors (Lipinski definition) is 6. The summed E-state index contributed by atoms with van der Waals surface area (Å²) in [5.74, 6) is 0.416. The summed E-state index contributed by atoms with van der Waals surface area (Å²) < 4.78 is 28.7. The van der Waals surface area contributed by atoms with E-state index >= 15 is 0 Å². The van der Waals surface area contributed by atoms with Crippen LogP contribution in [0.1, 0.15) is 54.2 Å². The van der Waals surface area contributed by atoms with Crippen molar-refractivity contribution in [2.45, 2.75) is 49.5 Å². The number of sulfone groups is 1. The van der Waals surface area contributed by atoms with Crippen LogP contribution in [0.25, 0.3) is 0 Å². The van der Waals surface area contributed by atoms with Crippen molar-refractivity contribution in [2.24, 2.45) is 0 Å². The van der Waals surface area contributed by atoms with Gasteiger partial charge >= 0.3 is 0 Å². The van der Waals surface area contributed by atoms with Crippen LogP contribution in [0.15, 0.2) is 27.6 Å². The van der Waals surface area contributed by atoms with E-state index in [4.69, 9.17) is 16.1 Å². The first-order valence-corrected chi connectivity index (χ1v) is 10.6. The number of carbonyl (C=O) groups is 1. The standard InChI is InChI=1S/C17H20ClN3O4S/c1-11-19-16(21-25-11)17(8-4-3-5-9-17)20-15(22)13-10-12(26(2,23)24)6-7-14(13)18/h6-7,10H,3-5,8-9H2,1-2H3,(H,20,22). The van der Waals surface area contributed by atoms with Crippen LogP contribution in [0.2, 0.25) is 5.02 Å². The molecule has 1 aliphatic carbocycles. The molecule has 1 aliphatic rings. The van der Waals surface area contributed by atoms with E-state index in [0.29, 0.717) is 24.6 Å². The molecule has 26 heavy (non-hydrogen) atoms. The van der Waals surface area contributed by atoms with Gasteiger partial charge in [0.2, 0.25) is 5.89 Å². The minimum Gasteiger partial charge on any atom is -0.340 e. The number of rotatable bonds is 4. The number of hydrogen-bond donors (Lipinski definition) is 1. The molecule has 1 saturated carbocycles. The third-order valence-corrected chi connectivity index (χ3v) is 6.07. The molecular weight excluding hydrogens is 378 g/mol. The van der Waals surface area contributed by atoms with Gasteiger partial charge in [-0.15, -0.1) is 0 Å². The Morgan fingerprint density at radius 3 is 2.54 bits per heavy atom. The molecule has 1 fully saturated rings. The Balaban J connectivity index is 1.96. The SMILES string of the molecule is Cc1nc(C2(NC(=O)c3cc(S(C)(=O)=O)ccc3Cl)CCCCC2)no1. The fraction of sp³-hybridized carbons (Fsp3) is 0.471. The van der Waals surface area contributed by atoms with E-state index in [9.17, 15) is 13.2 Å². The number of nitrogens with zero attached hydrogens (tertiary/aromatic N) is 2. The quantitative estimate of drug-likeness (QED) is 0.850. The molecule has 0 bridgehead atoms. The molecule has 0 unspecified atom stereocenters. The van der Waals surface area contributed by atoms with Gasteiger partial charge in [0, 0.05) is 13.2 Å². The lowest BCUT2D eigenvalue weighted by Gasteiger charge is -2.35. The Hall–Kier alpha value is -1.93. The minimum atomic E-state index is -3.45. The normalized spacial score (nSPS) is 17.0. The summed E-state index contributed by atoms with van der Waals surface area (Å²) in [7, 11) is -3.45. The van der Waals surface area contributed by atoms with Gasteiger partial charge in [-0.25, -0.2) is 8.42 Å². The van der Waals surface area contributed by atoms with Gasteiger partial charge in [-0.3, -0.25) is 4.79 Å². The zero-order chi connectivity index (χ0) is 18.9. The molecule has 0 radical (unpaired) electrons. The second kappa shape index (κ2) is 7.00. The van der Waals surface area contributed by atoms with Crippen molar-refractivity contribution >= 4 is 27.3 Å². The summed E-state index contributed by atoms with van der Waals surface area (Å²) in [6.45, 7) is 1.70. The van der Waals surface area contributed by atoms with Gasteiger partial charge in [-0.2, -0.15) is 4.98 Å². The van der Waals surface area contributed by atoms with Crippen LogP contribution in [-0.4, -0.2) is 30.7 Å². The highest BCUT2D eigenvalue weighted by atomic mass is 35.5. The first kappa shape index (κ1) is 18.8. The number of carbonyl (C=O) groups excluding carboxylic acids is 1. The average Bonchev–Trinajstić information content (AvgIpc) is 3.02. The van der Waals surface area contributed by atoms with Gasteiger partial charge in [-0.1, -0.05) is 36.0 Å². The number of aromatic nitrogens is 2. The summed E-state index contributed by atoms with van der Waals surface area (Å²) in [5, 5.41) is 7.19. The van der Waals surface area contributed by atoms with Crippen molar-refractivity contribution in [3.63, 3.8) is 0 Å². The monoisotopic (exact) mass is 397 g/mol. The fourth-order valence-electron chi connectivity index (χ4n) is 3.25. The van der Waals surface area contributed by atoms with Crippen LogP contribution < -0.4 is 5.32 Å². The lowest BCUT2D eigenvalue weighted by Crippen LogP contribution is -2.48. The summed E-state index contributed by atoms with van der Waals surface area (Å²) in [4.78, 5) is 17.3. The smallest absolute Gasteiger partial charge is 0.253 e. The molecule has 1 aromatic carbocycles. The molecule has 7 nitrogen and oxygen atoms in total. The van der Waals surface area contributed by atoms with Gasteiger partial charge in [0.1, 0.15) is 5.54 Å². The van der Waals surface area contributed by atoms with E-state index in [2.05, 4.69) is 15.5 Å². The number of halogens is 1. The number of amides is 1. The van der Waals surface area contributed by atoms with E-state index in [1.54, 1.807) is 6.92 Å². The third kappa shape index (κ3) is 3.76. The molecular formula is C17H20ClN3O4S. The number of benzene rings is 1. The van der Waals surface area contributed by atoms with Crippen molar-refractivity contribution in [3.8, 4) is 0 Å². The first-order chi connectivity index (χ1) is 12.2. The van der Waals surface area contributed by atoms with Gasteiger partial charge in [0.05, 0.1) is 15.5 Å². The summed E-state index contributed by atoms with van der Waals surface area (Å²) in [5.41, 5.74) is -0.628. The lowest BCUT2D eigenvalue weighted by molar-refractivity contribution is 0.0855. The van der Waals surface area contributed by atoms with Crippen molar-refractivity contribution in [2.75, 3.05) is 6.26 Å². The highest BCUT2D eigenvalue weighted by molar-refractivity contribution is 7.90. The van der Waals surface area contributed by atoms with Gasteiger partial charge in [0.25, 0.3) is 5.91 Å². The zero-order valence-corrected chi connectivity index (χ0v) is 16.2. The van der Waals surface area contributed by atoms with Crippen molar-refractivity contribution in [1.82, 2.24) is 15.5 Å². The average molecular weight is 398 g/mol. The maximum absolute atomic E-state index is 12.9. The Morgan fingerprint density at radius 1 is 1.27 bits per heavy atom. The molecule has 1 N–H and O–H groups in total. The molecule has 0 saturated heterocycles. The molecule has 1 heterocycles. The molecule has 1 aromatic heterocycles. The summed E-state index contributed by atoms with van der Waals surface area (Å²) >= 11 is 6.15. The predicted octanol–water partition coefficient (Wildman–Crippen LogP) is 3.02. The van der Waals surface area contributed by atoms with Crippen molar-refractivity contribution < 1.29 is 17.7 Å². The largest absolute Gasteiger partial charge is 0.340 e. The molecule has 1 amide bonds. The molecule has 0 atom stereocenters. The van der Waals surface area contributed by atoms with E-state index in [-0.39, 0.29) is 15.5 Å². The Labute approximate surface area is 157 Å². The summed E-state index contributed by atoms with van der Waals surface area (Å²) in [6, 6.07) is 4.09. The molecule has 0 spiro atoms. The topological polar surface area (TPSA) is 102 Å². The first-order valence-electron chi connectivity index (χ1n) is 8.34. The van der Waals surface area contributed by atoms with Gasteiger partial charge in [-0.05, 0) is 31.0 Å². The van der Waals surface area contributed by atoms with Crippen LogP contribution in [0.5, 0.6) is 0 Å². The molecule has 3 rings (SSSR count). The highest BCUT2D eigenvalue weighted by Gasteiger charge is 2.40. The number of nitrogens with one attached hydrogen (secondary N) is 1. The van der Waals surface area contributed by atoms with E-state index in [1.807, 2.05) is 0 Å². The molecule has 0 aliphatic heterocycles. The van der Waals surface area contributed by atoms with Crippen LogP contribution in [0.3, 0.4) is 0 Å². The van der Waals surface area contributed by atoms with Crippen molar-refractivity contribution in [3.05, 3.63) is 40.5 Å². The van der Waals surface area contributed by atoms with Crippen molar-refractivity contribution in [1.29, 1.82) is 0 Å². The molecule has 2 aromatic rings. The van der Waals surface area contributed by atoms with Crippen LogP contribution in [0, 0.1) is 6.92 Å². The molecule has 9 heteroatoms. The van der Waals surface area contributed by atoms with Crippen LogP contribution in [0.4, 0.5) is 0 Å². The third-order valence-electron chi connectivity index (χ3n) is 4.63. The van der Waals surface area contributed by atoms with E-state index in [0.717, 1.165) is 25.5 Å². The fourth-order valence-corrected chi connectivity index (χ4v) is 4.10. The molecule has 140 valence electrons. The Kier molecular flexibility index (Phi) is 5.07. The highest BCUT2D eigenvalue weighted by Crippen LogP contribution is 2.36. The second-order valence-corrected chi connectivity index (χ2v) is 9.07. The van der Waals surface area contributed by atoms with E-state index < -0.39 is 21.3 Å². The maximum Gasteiger partial charge on any atom is 0.253 e. The minimum absolute atomic E-state index is 0.0418. The number of aryl methyl sites for hydroxylation is 1. The van der Waals surface area contributed by atoms with E-state index in [1.165, 1.54) is 18.2 Å². The second-order valence-electron chi connectivity index (χ2n) is 6.65. The summed E-state index contributed by atoms with van der Waals surface area (Å²) in [6.07, 6.45) is 5.36. The van der Waals surface area contributed by atoms with Gasteiger partial charge < -0.3 is 9.84 Å².